The van der Waals surface area contributed by atoms with Gasteiger partial charge in [-0.15, -0.1) is 0 Å². The van der Waals surface area contributed by atoms with Crippen molar-refractivity contribution in [3.8, 4) is 0 Å². The zero-order valence-corrected chi connectivity index (χ0v) is 12.5. The van der Waals surface area contributed by atoms with E-state index in [1.165, 1.54) is 12.1 Å². The number of nitrogens with one attached hydrogen (secondary N) is 1. The third-order valence-electron chi connectivity index (χ3n) is 2.97. The highest BCUT2D eigenvalue weighted by Crippen LogP contribution is 2.29. The third-order valence-corrected chi connectivity index (χ3v) is 3.69. The number of hydrogen-bond donors (Lipinski definition) is 1. The molecule has 0 atom stereocenters. The molecular formula is C14H11Cl2FN2O2. The summed E-state index contributed by atoms with van der Waals surface area (Å²) in [7, 11) is 0. The molecule has 0 aliphatic heterocycles. The number of nitro benzene ring substituents is 1. The first-order chi connectivity index (χ1) is 9.90. The van der Waals surface area contributed by atoms with Crippen molar-refractivity contribution in [2.24, 2.45) is 0 Å². The van der Waals surface area contributed by atoms with Crippen LogP contribution in [0.25, 0.3) is 0 Å². The molecule has 0 saturated carbocycles. The van der Waals surface area contributed by atoms with Crippen molar-refractivity contribution in [2.75, 3.05) is 5.32 Å². The van der Waals surface area contributed by atoms with Crippen molar-refractivity contribution in [1.82, 2.24) is 0 Å². The second-order valence-corrected chi connectivity index (χ2v) is 5.26. The number of nitrogens with zero attached hydrogens (tertiary/aromatic N) is 1. The maximum atomic E-state index is 13.9. The Labute approximate surface area is 130 Å². The Hall–Kier alpha value is -1.85. The molecular weight excluding hydrogens is 318 g/mol. The van der Waals surface area contributed by atoms with E-state index in [-0.39, 0.29) is 12.1 Å². The van der Waals surface area contributed by atoms with Gasteiger partial charge in [-0.2, -0.15) is 4.39 Å². The third kappa shape index (κ3) is 3.43. The summed E-state index contributed by atoms with van der Waals surface area (Å²) in [5.74, 6) is -0.857. The van der Waals surface area contributed by atoms with Gasteiger partial charge in [0.15, 0.2) is 0 Å². The molecule has 0 unspecified atom stereocenters. The molecule has 0 aliphatic carbocycles. The maximum absolute atomic E-state index is 13.9. The fraction of sp³-hybridized carbons (Fsp3) is 0.143. The predicted octanol–water partition coefficient (Wildman–Crippen LogP) is 4.96. The van der Waals surface area contributed by atoms with E-state index >= 15 is 0 Å². The first kappa shape index (κ1) is 15.5. The highest BCUT2D eigenvalue weighted by Gasteiger charge is 2.17. The molecule has 0 spiro atoms. The highest BCUT2D eigenvalue weighted by atomic mass is 35.5. The molecule has 0 fully saturated rings. The Morgan fingerprint density at radius 3 is 2.67 bits per heavy atom. The van der Waals surface area contributed by atoms with Crippen molar-refractivity contribution in [2.45, 2.75) is 13.5 Å². The molecule has 0 amide bonds. The van der Waals surface area contributed by atoms with Crippen LogP contribution < -0.4 is 5.32 Å². The molecule has 2 rings (SSSR count). The topological polar surface area (TPSA) is 55.2 Å². The van der Waals surface area contributed by atoms with E-state index in [1.807, 2.05) is 6.92 Å². The van der Waals surface area contributed by atoms with E-state index in [4.69, 9.17) is 23.2 Å². The van der Waals surface area contributed by atoms with Gasteiger partial charge in [0, 0.05) is 23.2 Å². The van der Waals surface area contributed by atoms with Crippen LogP contribution in [0.15, 0.2) is 30.3 Å². The van der Waals surface area contributed by atoms with Gasteiger partial charge in [0.2, 0.25) is 5.82 Å². The summed E-state index contributed by atoms with van der Waals surface area (Å²) >= 11 is 12.1. The molecule has 4 nitrogen and oxygen atoms in total. The van der Waals surface area contributed by atoms with Crippen LogP contribution in [0.3, 0.4) is 0 Å². The summed E-state index contributed by atoms with van der Waals surface area (Å²) < 4.78 is 13.9. The molecule has 2 aromatic carbocycles. The molecule has 0 bridgehead atoms. The lowest BCUT2D eigenvalue weighted by Gasteiger charge is -2.11. The SMILES string of the molecule is Cc1cc(Cl)c(NCc2cccc([N+](=O)[O-])c2F)cc1Cl. The standard InChI is InChI=1S/C14H11Cl2FN2O2/c1-8-5-11(16)12(6-10(8)15)18-7-9-3-2-4-13(14(9)17)19(20)21/h2-6,18H,7H2,1H3. The number of anilines is 1. The normalized spacial score (nSPS) is 10.5. The Morgan fingerprint density at radius 1 is 1.29 bits per heavy atom. The summed E-state index contributed by atoms with van der Waals surface area (Å²) in [6, 6.07) is 7.35. The molecule has 0 aromatic heterocycles. The molecule has 0 radical (unpaired) electrons. The van der Waals surface area contributed by atoms with Crippen LogP contribution in [0.1, 0.15) is 11.1 Å². The van der Waals surface area contributed by atoms with E-state index < -0.39 is 16.4 Å². The van der Waals surface area contributed by atoms with E-state index in [0.29, 0.717) is 15.7 Å². The zero-order chi connectivity index (χ0) is 15.6. The fourth-order valence-electron chi connectivity index (χ4n) is 1.82. The van der Waals surface area contributed by atoms with Gasteiger partial charge in [0.25, 0.3) is 0 Å². The summed E-state index contributed by atoms with van der Waals surface area (Å²) in [5.41, 5.74) is 0.992. The number of benzene rings is 2. The minimum atomic E-state index is -0.857. The van der Waals surface area contributed by atoms with E-state index in [9.17, 15) is 14.5 Å². The first-order valence-electron chi connectivity index (χ1n) is 6.01. The van der Waals surface area contributed by atoms with Gasteiger partial charge in [-0.05, 0) is 24.6 Å². The van der Waals surface area contributed by atoms with Gasteiger partial charge < -0.3 is 5.32 Å². The molecule has 7 heteroatoms. The molecule has 2 aromatic rings. The van der Waals surface area contributed by atoms with E-state index in [0.717, 1.165) is 11.6 Å². The summed E-state index contributed by atoms with van der Waals surface area (Å²) in [4.78, 5) is 9.94. The van der Waals surface area contributed by atoms with Crippen LogP contribution >= 0.6 is 23.2 Å². The second-order valence-electron chi connectivity index (χ2n) is 4.44. The van der Waals surface area contributed by atoms with Crippen molar-refractivity contribution in [3.05, 3.63) is 67.4 Å². The van der Waals surface area contributed by atoms with Crippen LogP contribution in [0.2, 0.25) is 10.0 Å². The van der Waals surface area contributed by atoms with Crippen molar-refractivity contribution >= 4 is 34.6 Å². The van der Waals surface area contributed by atoms with Gasteiger partial charge in [0.1, 0.15) is 0 Å². The minimum absolute atomic E-state index is 0.0621. The highest BCUT2D eigenvalue weighted by molar-refractivity contribution is 6.35. The number of halogens is 3. The molecule has 21 heavy (non-hydrogen) atoms. The van der Waals surface area contributed by atoms with Crippen LogP contribution in [-0.4, -0.2) is 4.92 Å². The van der Waals surface area contributed by atoms with Gasteiger partial charge in [-0.25, -0.2) is 0 Å². The summed E-state index contributed by atoms with van der Waals surface area (Å²) in [6.45, 7) is 1.88. The van der Waals surface area contributed by atoms with Gasteiger partial charge in [-0.1, -0.05) is 35.3 Å². The van der Waals surface area contributed by atoms with Gasteiger partial charge in [-0.3, -0.25) is 10.1 Å². The van der Waals surface area contributed by atoms with Crippen molar-refractivity contribution in [3.63, 3.8) is 0 Å². The molecule has 110 valence electrons. The Kier molecular flexibility index (Phi) is 4.65. The van der Waals surface area contributed by atoms with Gasteiger partial charge >= 0.3 is 5.69 Å². The van der Waals surface area contributed by atoms with Crippen LogP contribution in [0, 0.1) is 22.9 Å². The Balaban J connectivity index is 2.23. The number of rotatable bonds is 4. The lowest BCUT2D eigenvalue weighted by Crippen LogP contribution is -2.04. The van der Waals surface area contributed by atoms with Crippen LogP contribution in [0.4, 0.5) is 15.8 Å². The number of hydrogen-bond acceptors (Lipinski definition) is 3. The smallest absolute Gasteiger partial charge is 0.305 e. The van der Waals surface area contributed by atoms with Crippen LogP contribution in [-0.2, 0) is 6.54 Å². The minimum Gasteiger partial charge on any atom is -0.380 e. The van der Waals surface area contributed by atoms with E-state index in [1.54, 1.807) is 12.1 Å². The summed E-state index contributed by atoms with van der Waals surface area (Å²) in [6.07, 6.45) is 0. The molecule has 0 saturated heterocycles. The first-order valence-corrected chi connectivity index (χ1v) is 6.77. The van der Waals surface area contributed by atoms with Gasteiger partial charge in [0.05, 0.1) is 15.6 Å². The van der Waals surface area contributed by atoms with Crippen molar-refractivity contribution in [1.29, 1.82) is 0 Å². The second kappa shape index (κ2) is 6.28. The fourth-order valence-corrected chi connectivity index (χ4v) is 2.26. The molecule has 1 N–H and O–H groups in total. The number of aryl methyl sites for hydroxylation is 1. The quantitative estimate of drug-likeness (QED) is 0.637. The monoisotopic (exact) mass is 328 g/mol. The lowest BCUT2D eigenvalue weighted by atomic mass is 10.1. The lowest BCUT2D eigenvalue weighted by molar-refractivity contribution is -0.387. The molecule has 0 heterocycles. The van der Waals surface area contributed by atoms with E-state index in [2.05, 4.69) is 5.32 Å². The molecule has 0 aliphatic rings. The zero-order valence-electron chi connectivity index (χ0n) is 11.0. The summed E-state index contributed by atoms with van der Waals surface area (Å²) in [5, 5.41) is 14.6. The number of nitro groups is 1. The van der Waals surface area contributed by atoms with Crippen LogP contribution in [0.5, 0.6) is 0 Å². The average Bonchev–Trinajstić information content (AvgIpc) is 2.42. The van der Waals surface area contributed by atoms with Crippen molar-refractivity contribution < 1.29 is 9.31 Å². The largest absolute Gasteiger partial charge is 0.380 e. The maximum Gasteiger partial charge on any atom is 0.305 e. The Bertz CT molecular complexity index is 708. The average molecular weight is 329 g/mol. The Morgan fingerprint density at radius 2 is 2.00 bits per heavy atom. The predicted molar refractivity (Wildman–Crippen MR) is 81.6 cm³/mol.